The van der Waals surface area contributed by atoms with Gasteiger partial charge in [0.05, 0.1) is 31.7 Å². The highest BCUT2D eigenvalue weighted by molar-refractivity contribution is 7.90. The molecular formula is C11H14P+. The highest BCUT2D eigenvalue weighted by atomic mass is 31.2. The van der Waals surface area contributed by atoms with Crippen molar-refractivity contribution in [3.8, 4) is 0 Å². The van der Waals surface area contributed by atoms with Crippen molar-refractivity contribution in [1.82, 2.24) is 0 Å². The van der Waals surface area contributed by atoms with Crippen molar-refractivity contribution in [3.05, 3.63) is 34.7 Å². The summed E-state index contributed by atoms with van der Waals surface area (Å²) in [5.41, 5.74) is 0. The Labute approximate surface area is 74.0 Å². The fraction of sp³-hybridized carbons (Fsp3) is 0.273. The van der Waals surface area contributed by atoms with Crippen LogP contribution in [-0.2, 0) is 0 Å². The Morgan fingerprint density at radius 3 is 2.42 bits per heavy atom. The highest BCUT2D eigenvalue weighted by Crippen LogP contribution is 2.62. The maximum absolute atomic E-state index is 2.46. The molecule has 12 heavy (non-hydrogen) atoms. The minimum atomic E-state index is -0.874. The lowest BCUT2D eigenvalue weighted by atomic mass is 10.2. The van der Waals surface area contributed by atoms with E-state index < -0.39 is 7.26 Å². The molecule has 0 nitrogen and oxygen atoms in total. The van der Waals surface area contributed by atoms with Crippen molar-refractivity contribution >= 4 is 18.4 Å². The Balaban J connectivity index is 2.90. The number of rotatable bonds is 0. The second-order valence-corrected chi connectivity index (χ2v) is 7.85. The molecule has 1 heteroatoms. The van der Waals surface area contributed by atoms with Gasteiger partial charge in [-0.2, -0.15) is 0 Å². The molecule has 0 spiro atoms. The Hall–Kier alpha value is -0.610. The second-order valence-electron chi connectivity index (χ2n) is 3.84. The highest BCUT2D eigenvalue weighted by Gasteiger charge is 2.29. The van der Waals surface area contributed by atoms with Gasteiger partial charge in [-0.05, 0) is 6.92 Å². The molecule has 0 fully saturated rings. The lowest BCUT2D eigenvalue weighted by molar-refractivity contribution is 1.52. The molecule has 1 aliphatic heterocycles. The van der Waals surface area contributed by atoms with Gasteiger partial charge in [0.15, 0.2) is 0 Å². The zero-order valence-corrected chi connectivity index (χ0v) is 8.73. The molecule has 1 heterocycles. The van der Waals surface area contributed by atoms with Crippen molar-refractivity contribution in [2.24, 2.45) is 0 Å². The van der Waals surface area contributed by atoms with Crippen molar-refractivity contribution in [2.75, 3.05) is 13.3 Å². The molecule has 0 saturated carbocycles. The van der Waals surface area contributed by atoms with Crippen LogP contribution < -0.4 is 10.4 Å². The molecule has 1 aromatic rings. The van der Waals surface area contributed by atoms with Gasteiger partial charge in [0.2, 0.25) is 0 Å². The third kappa shape index (κ3) is 1.03. The second kappa shape index (κ2) is 2.44. The van der Waals surface area contributed by atoms with Gasteiger partial charge in [-0.15, -0.1) is 0 Å². The Kier molecular flexibility index (Phi) is 1.63. The molecule has 1 aliphatic rings. The zero-order chi connectivity index (χ0) is 8.77. The van der Waals surface area contributed by atoms with Crippen LogP contribution in [0.25, 0.3) is 11.1 Å². The van der Waals surface area contributed by atoms with Crippen molar-refractivity contribution in [2.45, 2.75) is 6.92 Å². The molecule has 0 N–H and O–H groups in total. The smallest absolute Gasteiger partial charge is 0.0615 e. The normalized spacial score (nSPS) is 18.8. The summed E-state index contributed by atoms with van der Waals surface area (Å²) < 4.78 is 0. The topological polar surface area (TPSA) is 0 Å². The van der Waals surface area contributed by atoms with Gasteiger partial charge in [-0.25, -0.2) is 0 Å². The predicted molar refractivity (Wildman–Crippen MR) is 58.0 cm³/mol. The quantitative estimate of drug-likeness (QED) is 0.530. The van der Waals surface area contributed by atoms with Crippen LogP contribution in [0.15, 0.2) is 24.3 Å². The maximum Gasteiger partial charge on any atom is 0.0804 e. The first kappa shape index (κ1) is 8.01. The molecule has 2 rings (SSSR count). The standard InChI is InChI=1S/C11H14P/c1-9-11-7-5-4-6-10(11)8-12(9,2)3/h4-8H,1-3H3/q+1. The molecule has 0 aliphatic carbocycles. The molecular weight excluding hydrogens is 163 g/mol. The van der Waals surface area contributed by atoms with E-state index in [1.165, 1.54) is 10.4 Å². The monoisotopic (exact) mass is 177 g/mol. The average Bonchev–Trinajstić information content (AvgIpc) is 2.24. The lowest BCUT2D eigenvalue weighted by Crippen LogP contribution is -2.20. The van der Waals surface area contributed by atoms with Crippen LogP contribution >= 0.6 is 7.26 Å². The summed E-state index contributed by atoms with van der Waals surface area (Å²) in [5.74, 6) is 2.46. The van der Waals surface area contributed by atoms with E-state index in [4.69, 9.17) is 0 Å². The molecule has 62 valence electrons. The number of benzene rings is 1. The van der Waals surface area contributed by atoms with Crippen LogP contribution in [-0.4, -0.2) is 13.3 Å². The molecule has 0 bridgehead atoms. The Morgan fingerprint density at radius 1 is 1.08 bits per heavy atom. The van der Waals surface area contributed by atoms with Gasteiger partial charge in [-0.1, -0.05) is 24.3 Å². The summed E-state index contributed by atoms with van der Waals surface area (Å²) in [6, 6.07) is 8.69. The average molecular weight is 177 g/mol. The number of fused-ring (bicyclic) bond motifs is 1. The summed E-state index contributed by atoms with van der Waals surface area (Å²) >= 11 is 0. The first-order chi connectivity index (χ1) is 5.61. The minimum absolute atomic E-state index is 0.874. The van der Waals surface area contributed by atoms with Crippen molar-refractivity contribution in [1.29, 1.82) is 0 Å². The van der Waals surface area contributed by atoms with Crippen LogP contribution in [0.2, 0.25) is 0 Å². The van der Waals surface area contributed by atoms with Crippen molar-refractivity contribution < 1.29 is 0 Å². The van der Waals surface area contributed by atoms with Crippen LogP contribution in [0, 0.1) is 0 Å². The fourth-order valence-corrected chi connectivity index (χ4v) is 3.63. The van der Waals surface area contributed by atoms with Gasteiger partial charge in [-0.3, -0.25) is 0 Å². The summed E-state index contributed by atoms with van der Waals surface area (Å²) in [4.78, 5) is 0. The van der Waals surface area contributed by atoms with E-state index in [0.29, 0.717) is 0 Å². The molecule has 0 amide bonds. The molecule has 0 unspecified atom stereocenters. The van der Waals surface area contributed by atoms with Gasteiger partial charge in [0.1, 0.15) is 0 Å². The van der Waals surface area contributed by atoms with Gasteiger partial charge < -0.3 is 0 Å². The third-order valence-electron chi connectivity index (χ3n) is 2.68. The first-order valence-corrected chi connectivity index (χ1v) is 6.99. The zero-order valence-electron chi connectivity index (χ0n) is 7.83. The lowest BCUT2D eigenvalue weighted by Gasteiger charge is -2.07. The summed E-state index contributed by atoms with van der Waals surface area (Å²) in [6.45, 7) is 7.03. The largest absolute Gasteiger partial charge is 0.0804 e. The van der Waals surface area contributed by atoms with Crippen LogP contribution in [0.3, 0.4) is 0 Å². The van der Waals surface area contributed by atoms with Gasteiger partial charge in [0, 0.05) is 10.4 Å². The molecule has 0 radical (unpaired) electrons. The first-order valence-electron chi connectivity index (χ1n) is 4.24. The van der Waals surface area contributed by atoms with Crippen LogP contribution in [0.4, 0.5) is 0 Å². The van der Waals surface area contributed by atoms with E-state index in [0.717, 1.165) is 0 Å². The summed E-state index contributed by atoms with van der Waals surface area (Å²) in [6.07, 6.45) is 0. The Morgan fingerprint density at radius 2 is 1.75 bits per heavy atom. The maximum atomic E-state index is 2.46. The van der Waals surface area contributed by atoms with Crippen molar-refractivity contribution in [3.63, 3.8) is 0 Å². The molecule has 1 aromatic carbocycles. The fourth-order valence-electron chi connectivity index (χ4n) is 1.69. The molecule has 0 aromatic heterocycles. The number of hydrogen-bond donors (Lipinski definition) is 0. The van der Waals surface area contributed by atoms with Crippen LogP contribution in [0.5, 0.6) is 0 Å². The van der Waals surface area contributed by atoms with E-state index >= 15 is 0 Å². The Bertz CT molecular complexity index is 427. The predicted octanol–water partition coefficient (Wildman–Crippen LogP) is 1.84. The van der Waals surface area contributed by atoms with E-state index in [1.807, 2.05) is 0 Å². The summed E-state index contributed by atoms with van der Waals surface area (Å²) in [7, 11) is -0.874. The minimum Gasteiger partial charge on any atom is -0.0615 e. The third-order valence-corrected chi connectivity index (χ3v) is 5.57. The molecule has 0 saturated heterocycles. The van der Waals surface area contributed by atoms with E-state index in [1.54, 1.807) is 5.31 Å². The number of hydrogen-bond acceptors (Lipinski definition) is 0. The van der Waals surface area contributed by atoms with Gasteiger partial charge in [0.25, 0.3) is 0 Å². The summed E-state index contributed by atoms with van der Waals surface area (Å²) in [5, 5.41) is 4.50. The SMILES string of the molecule is CC1=c2ccccc2=C[P+]1(C)C. The molecule has 0 atom stereocenters. The van der Waals surface area contributed by atoms with E-state index in [2.05, 4.69) is 50.3 Å². The van der Waals surface area contributed by atoms with E-state index in [-0.39, 0.29) is 0 Å². The van der Waals surface area contributed by atoms with Crippen LogP contribution in [0.1, 0.15) is 6.92 Å². The van der Waals surface area contributed by atoms with E-state index in [9.17, 15) is 0 Å². The van der Waals surface area contributed by atoms with Gasteiger partial charge >= 0.3 is 0 Å².